The third-order valence-corrected chi connectivity index (χ3v) is 7.73. The van der Waals surface area contributed by atoms with Gasteiger partial charge in [0.15, 0.2) is 5.82 Å². The second kappa shape index (κ2) is 9.86. The maximum absolute atomic E-state index is 16.3. The Morgan fingerprint density at radius 2 is 2.03 bits per heavy atom. The maximum atomic E-state index is 16.3. The first-order chi connectivity index (χ1) is 18.9. The van der Waals surface area contributed by atoms with E-state index in [4.69, 9.17) is 23.2 Å². The number of hydrogen-bond donors (Lipinski definition) is 0. The number of hydrogen-bond acceptors (Lipinski definition) is 5. The Labute approximate surface area is 228 Å². The van der Waals surface area contributed by atoms with Crippen LogP contribution in [-0.4, -0.2) is 58.0 Å². The number of halogens is 3. The fourth-order valence-electron chi connectivity index (χ4n) is 5.24. The summed E-state index contributed by atoms with van der Waals surface area (Å²) in [5.74, 6) is -0.222. The second-order valence-electron chi connectivity index (χ2n) is 9.80. The summed E-state index contributed by atoms with van der Waals surface area (Å²) >= 11 is 6.32. The van der Waals surface area contributed by atoms with Gasteiger partial charge in [-0.3, -0.25) is 9.78 Å². The van der Waals surface area contributed by atoms with Crippen molar-refractivity contribution >= 4 is 45.0 Å². The van der Waals surface area contributed by atoms with Gasteiger partial charge in [-0.25, -0.2) is 25.3 Å². The van der Waals surface area contributed by atoms with E-state index in [-0.39, 0.29) is 40.6 Å². The molecule has 2 aromatic heterocycles. The Hall–Kier alpha value is -4.16. The number of fused-ring (bicyclic) bond motifs is 2. The zero-order valence-electron chi connectivity index (χ0n) is 20.9. The fourth-order valence-corrected chi connectivity index (χ4v) is 5.51. The molecule has 1 aliphatic carbocycles. The Balaban J connectivity index is 1.50. The molecule has 196 valence electrons. The van der Waals surface area contributed by atoms with Gasteiger partial charge >= 0.3 is 0 Å². The van der Waals surface area contributed by atoms with Gasteiger partial charge in [-0.15, -0.1) is 0 Å². The summed E-state index contributed by atoms with van der Waals surface area (Å²) in [7, 11) is 0. The van der Waals surface area contributed by atoms with Gasteiger partial charge in [0, 0.05) is 42.7 Å². The molecule has 1 amide bonds. The molecule has 10 heteroatoms. The number of anilines is 1. The first-order valence-corrected chi connectivity index (χ1v) is 13.0. The molecule has 2 fully saturated rings. The summed E-state index contributed by atoms with van der Waals surface area (Å²) in [5, 5.41) is 1.39. The zero-order valence-corrected chi connectivity index (χ0v) is 21.6. The number of carbonyl (C=O) groups is 1. The third-order valence-electron chi connectivity index (χ3n) is 7.36. The van der Waals surface area contributed by atoms with Crippen LogP contribution in [-0.2, 0) is 4.79 Å². The average molecular weight is 545 g/mol. The van der Waals surface area contributed by atoms with Crippen molar-refractivity contribution in [2.75, 3.05) is 31.1 Å². The van der Waals surface area contributed by atoms with E-state index in [1.54, 1.807) is 29.2 Å². The molecule has 0 radical (unpaired) electrons. The molecule has 39 heavy (non-hydrogen) atoms. The van der Waals surface area contributed by atoms with Crippen LogP contribution in [0.4, 0.5) is 14.6 Å². The van der Waals surface area contributed by atoms with Crippen molar-refractivity contribution in [3.05, 3.63) is 83.1 Å². The highest BCUT2D eigenvalue weighted by Crippen LogP contribution is 2.42. The lowest BCUT2D eigenvalue weighted by atomic mass is 10.0. The molecule has 6 rings (SSSR count). The number of carbonyl (C=O) groups excluding carboxylic acids is 1. The van der Waals surface area contributed by atoms with E-state index >= 15 is 4.39 Å². The molecule has 1 saturated carbocycles. The van der Waals surface area contributed by atoms with Gasteiger partial charge < -0.3 is 14.6 Å². The predicted octanol–water partition coefficient (Wildman–Crippen LogP) is 5.78. The number of pyridine rings is 1. The van der Waals surface area contributed by atoms with Crippen molar-refractivity contribution < 1.29 is 13.6 Å². The van der Waals surface area contributed by atoms with E-state index in [1.807, 2.05) is 4.90 Å². The van der Waals surface area contributed by atoms with Gasteiger partial charge in [-0.1, -0.05) is 42.4 Å². The summed E-state index contributed by atoms with van der Waals surface area (Å²) in [6.45, 7) is 12.3. The molecule has 1 saturated heterocycles. The van der Waals surface area contributed by atoms with Crippen LogP contribution in [0.1, 0.15) is 24.6 Å². The molecule has 1 aliphatic heterocycles. The van der Waals surface area contributed by atoms with Crippen molar-refractivity contribution in [1.82, 2.24) is 19.9 Å². The zero-order chi connectivity index (χ0) is 27.3. The van der Waals surface area contributed by atoms with E-state index < -0.39 is 11.6 Å². The Morgan fingerprint density at radius 1 is 1.21 bits per heavy atom. The van der Waals surface area contributed by atoms with Crippen molar-refractivity contribution in [3.63, 3.8) is 0 Å². The van der Waals surface area contributed by atoms with Crippen molar-refractivity contribution in [2.45, 2.75) is 24.8 Å². The topological polar surface area (TPSA) is 66.6 Å². The molecule has 7 nitrogen and oxygen atoms in total. The first-order valence-electron chi connectivity index (χ1n) is 12.7. The second-order valence-corrected chi connectivity index (χ2v) is 10.2. The molecule has 1 atom stereocenters. The Kier molecular flexibility index (Phi) is 6.35. The molecular formula is C29H23ClF2N6O. The van der Waals surface area contributed by atoms with E-state index in [0.717, 1.165) is 12.8 Å². The smallest absolute Gasteiger partial charge is 0.246 e. The molecule has 0 N–H and O–H groups in total. The molecule has 2 aliphatic rings. The summed E-state index contributed by atoms with van der Waals surface area (Å²) in [4.78, 5) is 33.4. The van der Waals surface area contributed by atoms with Crippen LogP contribution in [0.25, 0.3) is 37.8 Å². The van der Waals surface area contributed by atoms with Gasteiger partial charge in [0.05, 0.1) is 10.4 Å². The largest absolute Gasteiger partial charge is 0.352 e. The Morgan fingerprint density at radius 3 is 2.77 bits per heavy atom. The molecule has 0 bridgehead atoms. The average Bonchev–Trinajstić information content (AvgIpc) is 3.80. The highest BCUT2D eigenvalue weighted by Gasteiger charge is 2.35. The normalized spacial score (nSPS) is 17.4. The van der Waals surface area contributed by atoms with Crippen LogP contribution < -0.4 is 4.90 Å². The summed E-state index contributed by atoms with van der Waals surface area (Å²) in [5.41, 5.74) is 0.528. The van der Waals surface area contributed by atoms with Gasteiger partial charge in [-0.05, 0) is 30.4 Å². The standard InChI is InChI=1S/C29H23ClF2N6O/c1-3-22(39)38-12-11-37(15-18(38)13-33-2)29-20-14-34-26(25(32)27(20)35-28(36-29)17-7-8-17)19-6-4-5-16-9-10-21(31)24(30)23(16)19/h3-6,9-10,14,17-18H,1,7-8,11-13,15H2/t18-/m0/s1. The lowest BCUT2D eigenvalue weighted by molar-refractivity contribution is -0.128. The van der Waals surface area contributed by atoms with Gasteiger partial charge in [0.1, 0.15) is 34.7 Å². The summed E-state index contributed by atoms with van der Waals surface area (Å²) in [6, 6.07) is 7.72. The lowest BCUT2D eigenvalue weighted by Gasteiger charge is -2.39. The minimum atomic E-state index is -0.635. The number of aromatic nitrogens is 3. The lowest BCUT2D eigenvalue weighted by Crippen LogP contribution is -2.56. The number of rotatable bonds is 5. The van der Waals surface area contributed by atoms with Gasteiger partial charge in [0.2, 0.25) is 12.5 Å². The number of nitrogens with zero attached hydrogens (tertiary/aromatic N) is 6. The monoisotopic (exact) mass is 544 g/mol. The van der Waals surface area contributed by atoms with Crippen LogP contribution >= 0.6 is 11.6 Å². The molecule has 4 aromatic rings. The van der Waals surface area contributed by atoms with Gasteiger partial charge in [0.25, 0.3) is 0 Å². The number of amides is 1. The Bertz CT molecular complexity index is 1700. The van der Waals surface area contributed by atoms with E-state index in [1.165, 1.54) is 18.3 Å². The van der Waals surface area contributed by atoms with Crippen LogP contribution in [0.15, 0.2) is 49.2 Å². The molecule has 0 spiro atoms. The SMILES string of the molecule is [C-]#[N+]C[C@H]1CN(c2nc(C3CC3)nc3c(F)c(-c4cccc5ccc(F)c(Cl)c45)ncc23)CCN1C(=O)C=C. The predicted molar refractivity (Wildman–Crippen MR) is 147 cm³/mol. The highest BCUT2D eigenvalue weighted by atomic mass is 35.5. The molecular weight excluding hydrogens is 522 g/mol. The number of benzene rings is 2. The third kappa shape index (κ3) is 4.35. The van der Waals surface area contributed by atoms with E-state index in [0.29, 0.717) is 53.0 Å². The first kappa shape index (κ1) is 25.1. The molecule has 2 aromatic carbocycles. The van der Waals surface area contributed by atoms with E-state index in [9.17, 15) is 9.18 Å². The van der Waals surface area contributed by atoms with Crippen LogP contribution in [0.3, 0.4) is 0 Å². The van der Waals surface area contributed by atoms with Gasteiger partial charge in [-0.2, -0.15) is 0 Å². The van der Waals surface area contributed by atoms with Crippen molar-refractivity contribution in [1.29, 1.82) is 0 Å². The quantitative estimate of drug-likeness (QED) is 0.235. The minimum absolute atomic E-state index is 0.0271. The summed E-state index contributed by atoms with van der Waals surface area (Å²) < 4.78 is 30.7. The molecule has 3 heterocycles. The van der Waals surface area contributed by atoms with Crippen LogP contribution in [0.2, 0.25) is 5.02 Å². The number of piperazine rings is 1. The highest BCUT2D eigenvalue weighted by molar-refractivity contribution is 6.36. The fraction of sp³-hybridized carbons (Fsp3) is 0.276. The van der Waals surface area contributed by atoms with Crippen molar-refractivity contribution in [2.24, 2.45) is 0 Å². The minimum Gasteiger partial charge on any atom is -0.352 e. The molecule has 0 unspecified atom stereocenters. The maximum Gasteiger partial charge on any atom is 0.246 e. The van der Waals surface area contributed by atoms with Crippen molar-refractivity contribution in [3.8, 4) is 11.3 Å². The summed E-state index contributed by atoms with van der Waals surface area (Å²) in [6.07, 6.45) is 4.64. The van der Waals surface area contributed by atoms with E-state index in [2.05, 4.69) is 21.4 Å². The van der Waals surface area contributed by atoms with Crippen LogP contribution in [0, 0.1) is 18.2 Å². The van der Waals surface area contributed by atoms with Crippen LogP contribution in [0.5, 0.6) is 0 Å².